The normalized spacial score (nSPS) is 16.7. The van der Waals surface area contributed by atoms with E-state index in [-0.39, 0.29) is 62.7 Å². The van der Waals surface area contributed by atoms with Crippen molar-refractivity contribution in [2.45, 2.75) is 104 Å². The highest BCUT2D eigenvalue weighted by atomic mass is 16.6. The Kier molecular flexibility index (Phi) is 21.4. The number of esters is 2. The summed E-state index contributed by atoms with van der Waals surface area (Å²) in [6, 6.07) is 0. The largest absolute Gasteiger partial charge is 0.481 e. The predicted octanol–water partition coefficient (Wildman–Crippen LogP) is 2.94. The molecule has 0 aliphatic rings. The van der Waals surface area contributed by atoms with Crippen molar-refractivity contribution in [1.29, 1.82) is 0 Å². The highest BCUT2D eigenvalue weighted by molar-refractivity contribution is 5.81. The molecule has 0 rings (SSSR count). The van der Waals surface area contributed by atoms with Crippen LogP contribution in [-0.4, -0.2) is 112 Å². The van der Waals surface area contributed by atoms with Gasteiger partial charge in [-0.25, -0.2) is 4.79 Å². The van der Waals surface area contributed by atoms with Crippen LogP contribution in [0.4, 0.5) is 0 Å². The van der Waals surface area contributed by atoms with E-state index < -0.39 is 24.0 Å². The third-order valence-corrected chi connectivity index (χ3v) is 5.20. The number of aliphatic carboxylic acids is 1. The van der Waals surface area contributed by atoms with Gasteiger partial charge in [0.05, 0.1) is 89.1 Å². The molecule has 0 radical (unpaired) electrons. The first-order valence-electron chi connectivity index (χ1n) is 13.7. The molecule has 40 heavy (non-hydrogen) atoms. The first-order valence-corrected chi connectivity index (χ1v) is 13.7. The molecular weight excluding hydrogens is 528 g/mol. The van der Waals surface area contributed by atoms with Crippen molar-refractivity contribution < 1.29 is 57.4 Å². The highest BCUT2D eigenvalue weighted by Gasteiger charge is 2.16. The van der Waals surface area contributed by atoms with Crippen molar-refractivity contribution in [3.8, 4) is 0 Å². The Morgan fingerprint density at radius 3 is 1.23 bits per heavy atom. The Morgan fingerprint density at radius 1 is 0.575 bits per heavy atom. The average molecular weight is 579 g/mol. The minimum Gasteiger partial charge on any atom is -0.481 e. The molecule has 234 valence electrons. The fourth-order valence-electron chi connectivity index (χ4n) is 2.87. The van der Waals surface area contributed by atoms with Crippen molar-refractivity contribution in [2.24, 2.45) is 0 Å². The molecule has 0 aliphatic heterocycles. The highest BCUT2D eigenvalue weighted by Crippen LogP contribution is 2.05. The van der Waals surface area contributed by atoms with E-state index in [0.29, 0.717) is 33.0 Å². The van der Waals surface area contributed by atoms with Crippen LogP contribution in [0, 0.1) is 0 Å². The predicted molar refractivity (Wildman–Crippen MR) is 146 cm³/mol. The molecule has 7 atom stereocenters. The number of carbonyl (C=O) groups is 3. The number of ether oxygens (including phenoxy) is 8. The standard InChI is InChI=1S/C28H50O12/c1-9-27(31)39-17-24(7)37-15-22(5)35-13-20(3)33-12-19(2)34-14-21(4)36-16-23(6)38-18-25(8)40-28(32)11-10-26(29)30/h9,19-25H,1,10-18H2,2-8H3,(H,29,30). The molecule has 12 heteroatoms. The molecule has 7 unspecified atom stereocenters. The van der Waals surface area contributed by atoms with Gasteiger partial charge in [-0.05, 0) is 48.5 Å². The number of hydrogen-bond donors (Lipinski definition) is 1. The van der Waals surface area contributed by atoms with E-state index in [1.54, 1.807) is 6.92 Å². The Labute approximate surface area is 238 Å². The van der Waals surface area contributed by atoms with Crippen LogP contribution in [0.5, 0.6) is 0 Å². The van der Waals surface area contributed by atoms with E-state index in [0.717, 1.165) is 6.08 Å². The van der Waals surface area contributed by atoms with Gasteiger partial charge in [0.2, 0.25) is 0 Å². The van der Waals surface area contributed by atoms with Crippen LogP contribution in [-0.2, 0) is 52.3 Å². The third kappa shape index (κ3) is 22.7. The van der Waals surface area contributed by atoms with Gasteiger partial charge in [-0.15, -0.1) is 0 Å². The molecule has 0 spiro atoms. The molecule has 0 fully saturated rings. The summed E-state index contributed by atoms with van der Waals surface area (Å²) in [5.41, 5.74) is 0. The zero-order valence-electron chi connectivity index (χ0n) is 25.1. The number of rotatable bonds is 25. The van der Waals surface area contributed by atoms with E-state index in [1.165, 1.54) is 0 Å². The molecule has 0 amide bonds. The van der Waals surface area contributed by atoms with Crippen LogP contribution in [0.2, 0.25) is 0 Å². The smallest absolute Gasteiger partial charge is 0.330 e. The van der Waals surface area contributed by atoms with Crippen molar-refractivity contribution in [3.63, 3.8) is 0 Å². The maximum Gasteiger partial charge on any atom is 0.330 e. The van der Waals surface area contributed by atoms with Gasteiger partial charge >= 0.3 is 17.9 Å². The Bertz CT molecular complexity index is 715. The Hall–Kier alpha value is -2.09. The lowest BCUT2D eigenvalue weighted by Gasteiger charge is -2.22. The van der Waals surface area contributed by atoms with E-state index in [1.807, 2.05) is 41.5 Å². The topological polar surface area (TPSA) is 145 Å². The van der Waals surface area contributed by atoms with Gasteiger partial charge < -0.3 is 43.0 Å². The number of carboxylic acid groups (broad SMARTS) is 1. The molecule has 0 bridgehead atoms. The minimum absolute atomic E-state index is 0.134. The fraction of sp³-hybridized carbons (Fsp3) is 0.821. The van der Waals surface area contributed by atoms with Gasteiger partial charge in [0.1, 0.15) is 12.7 Å². The van der Waals surface area contributed by atoms with Crippen molar-refractivity contribution in [1.82, 2.24) is 0 Å². The molecular formula is C28H50O12. The zero-order valence-corrected chi connectivity index (χ0v) is 25.1. The van der Waals surface area contributed by atoms with Gasteiger partial charge in [0, 0.05) is 6.08 Å². The second kappa shape index (κ2) is 22.6. The van der Waals surface area contributed by atoms with Gasteiger partial charge in [-0.1, -0.05) is 6.58 Å². The van der Waals surface area contributed by atoms with Gasteiger partial charge in [0.15, 0.2) is 0 Å². The maximum absolute atomic E-state index is 11.6. The third-order valence-electron chi connectivity index (χ3n) is 5.20. The molecule has 0 aromatic rings. The SMILES string of the molecule is C=CC(=O)OCC(C)OCC(C)OCC(C)OCC(C)OCC(C)OCC(C)OCC(C)OC(=O)CCC(=O)O. The van der Waals surface area contributed by atoms with Crippen molar-refractivity contribution >= 4 is 17.9 Å². The van der Waals surface area contributed by atoms with Crippen LogP contribution in [0.1, 0.15) is 61.3 Å². The molecule has 1 N–H and O–H groups in total. The summed E-state index contributed by atoms with van der Waals surface area (Å²) in [4.78, 5) is 33.2. The van der Waals surface area contributed by atoms with E-state index in [9.17, 15) is 14.4 Å². The van der Waals surface area contributed by atoms with Crippen LogP contribution in [0.3, 0.4) is 0 Å². The van der Waals surface area contributed by atoms with E-state index >= 15 is 0 Å². The average Bonchev–Trinajstić information content (AvgIpc) is 2.91. The van der Waals surface area contributed by atoms with Crippen LogP contribution < -0.4 is 0 Å². The maximum atomic E-state index is 11.6. The zero-order chi connectivity index (χ0) is 30.5. The Balaban J connectivity index is 3.92. The van der Waals surface area contributed by atoms with Crippen molar-refractivity contribution in [2.75, 3.05) is 46.2 Å². The Morgan fingerprint density at radius 2 is 0.900 bits per heavy atom. The first-order chi connectivity index (χ1) is 18.8. The molecule has 0 aromatic heterocycles. The number of carbonyl (C=O) groups excluding carboxylic acids is 2. The lowest BCUT2D eigenvalue weighted by molar-refractivity contribution is -0.155. The van der Waals surface area contributed by atoms with Crippen LogP contribution in [0.15, 0.2) is 12.7 Å². The van der Waals surface area contributed by atoms with Gasteiger partial charge in [0.25, 0.3) is 0 Å². The van der Waals surface area contributed by atoms with Crippen LogP contribution >= 0.6 is 0 Å². The molecule has 12 nitrogen and oxygen atoms in total. The molecule has 0 aliphatic carbocycles. The molecule has 0 aromatic carbocycles. The van der Waals surface area contributed by atoms with Crippen LogP contribution in [0.25, 0.3) is 0 Å². The summed E-state index contributed by atoms with van der Waals surface area (Å²) in [7, 11) is 0. The first kappa shape index (κ1) is 37.9. The molecule has 0 heterocycles. The monoisotopic (exact) mass is 578 g/mol. The van der Waals surface area contributed by atoms with Gasteiger partial charge in [-0.2, -0.15) is 0 Å². The fourth-order valence-corrected chi connectivity index (χ4v) is 2.87. The second-order valence-electron chi connectivity index (χ2n) is 9.89. The molecule has 0 saturated heterocycles. The summed E-state index contributed by atoms with van der Waals surface area (Å²) in [6.45, 7) is 18.5. The van der Waals surface area contributed by atoms with Gasteiger partial charge in [-0.3, -0.25) is 9.59 Å². The van der Waals surface area contributed by atoms with E-state index in [2.05, 4.69) is 6.58 Å². The second-order valence-corrected chi connectivity index (χ2v) is 9.89. The number of hydrogen-bond acceptors (Lipinski definition) is 11. The quantitative estimate of drug-likeness (QED) is 0.126. The summed E-state index contributed by atoms with van der Waals surface area (Å²) < 4.78 is 44.5. The summed E-state index contributed by atoms with van der Waals surface area (Å²) in [5, 5.41) is 8.60. The summed E-state index contributed by atoms with van der Waals surface area (Å²) >= 11 is 0. The minimum atomic E-state index is -1.04. The van der Waals surface area contributed by atoms with Crippen molar-refractivity contribution in [3.05, 3.63) is 12.7 Å². The lowest BCUT2D eigenvalue weighted by Crippen LogP contribution is -2.30. The lowest BCUT2D eigenvalue weighted by atomic mass is 10.3. The van der Waals surface area contributed by atoms with E-state index in [4.69, 9.17) is 43.0 Å². The summed E-state index contributed by atoms with van der Waals surface area (Å²) in [5.74, 6) is -2.09. The summed E-state index contributed by atoms with van der Waals surface area (Å²) in [6.07, 6.45) is -0.864. The number of carboxylic acids is 1. The molecule has 0 saturated carbocycles.